The van der Waals surface area contributed by atoms with Gasteiger partial charge >= 0.3 is 0 Å². The second-order valence-corrected chi connectivity index (χ2v) is 4.61. The number of carbonyl (C=O) groups excluding carboxylic acids is 1. The average molecular weight is 234 g/mol. The van der Waals surface area contributed by atoms with E-state index in [1.807, 2.05) is 30.3 Å². The summed E-state index contributed by atoms with van der Waals surface area (Å²) in [6, 6.07) is 10.0. The molecule has 0 aliphatic heterocycles. The first-order chi connectivity index (χ1) is 8.08. The number of hydrogen-bond acceptors (Lipinski definition) is 2. The van der Waals surface area contributed by atoms with E-state index in [1.54, 1.807) is 0 Å². The van der Waals surface area contributed by atoms with E-state index in [0.29, 0.717) is 12.8 Å². The van der Waals surface area contributed by atoms with E-state index in [4.69, 9.17) is 11.5 Å². The fraction of sp³-hybridized carbons (Fsp3) is 0.500. The number of primary amides is 1. The minimum atomic E-state index is -0.855. The zero-order chi connectivity index (χ0) is 12.7. The highest BCUT2D eigenvalue weighted by Gasteiger charge is 2.30. The summed E-state index contributed by atoms with van der Waals surface area (Å²) >= 11 is 0. The number of benzene rings is 1. The van der Waals surface area contributed by atoms with Gasteiger partial charge in [0.15, 0.2) is 0 Å². The van der Waals surface area contributed by atoms with Gasteiger partial charge in [-0.2, -0.15) is 0 Å². The first-order valence-electron chi connectivity index (χ1n) is 6.21. The number of aryl methyl sites for hydroxylation is 1. The van der Waals surface area contributed by atoms with E-state index >= 15 is 0 Å². The van der Waals surface area contributed by atoms with Crippen molar-refractivity contribution in [3.8, 4) is 0 Å². The van der Waals surface area contributed by atoms with E-state index in [1.165, 1.54) is 5.56 Å². The number of unbranched alkanes of at least 4 members (excludes halogenated alkanes) is 1. The Bertz CT molecular complexity index is 350. The van der Waals surface area contributed by atoms with Crippen LogP contribution in [0.25, 0.3) is 0 Å². The molecule has 0 aliphatic rings. The highest BCUT2D eigenvalue weighted by molar-refractivity contribution is 5.84. The molecule has 3 heteroatoms. The number of amides is 1. The van der Waals surface area contributed by atoms with Crippen molar-refractivity contribution in [1.82, 2.24) is 0 Å². The Morgan fingerprint density at radius 3 is 2.41 bits per heavy atom. The summed E-state index contributed by atoms with van der Waals surface area (Å²) in [5, 5.41) is 0. The molecule has 0 saturated carbocycles. The van der Waals surface area contributed by atoms with Gasteiger partial charge in [-0.05, 0) is 24.8 Å². The maximum Gasteiger partial charge on any atom is 0.237 e. The Morgan fingerprint density at radius 1 is 1.24 bits per heavy atom. The van der Waals surface area contributed by atoms with Crippen LogP contribution in [0.5, 0.6) is 0 Å². The van der Waals surface area contributed by atoms with Gasteiger partial charge in [0.05, 0.1) is 5.54 Å². The van der Waals surface area contributed by atoms with Gasteiger partial charge in [-0.1, -0.05) is 50.1 Å². The molecule has 0 fully saturated rings. The minimum Gasteiger partial charge on any atom is -0.368 e. The van der Waals surface area contributed by atoms with Crippen LogP contribution in [-0.2, 0) is 11.2 Å². The van der Waals surface area contributed by atoms with Crippen LogP contribution in [0.2, 0.25) is 0 Å². The Balaban J connectivity index is 2.58. The van der Waals surface area contributed by atoms with Crippen molar-refractivity contribution in [2.45, 2.75) is 44.6 Å². The van der Waals surface area contributed by atoms with Crippen LogP contribution in [0.3, 0.4) is 0 Å². The lowest BCUT2D eigenvalue weighted by molar-refractivity contribution is -0.123. The molecule has 17 heavy (non-hydrogen) atoms. The fourth-order valence-corrected chi connectivity index (χ4v) is 1.88. The summed E-state index contributed by atoms with van der Waals surface area (Å²) in [5.74, 6) is -0.387. The Labute approximate surface area is 103 Å². The zero-order valence-corrected chi connectivity index (χ0v) is 10.5. The molecule has 0 radical (unpaired) electrons. The van der Waals surface area contributed by atoms with Crippen LogP contribution in [0.1, 0.15) is 38.2 Å². The van der Waals surface area contributed by atoms with Gasteiger partial charge in [-0.15, -0.1) is 0 Å². The fourth-order valence-electron chi connectivity index (χ4n) is 1.88. The largest absolute Gasteiger partial charge is 0.368 e. The second kappa shape index (κ2) is 6.40. The molecular weight excluding hydrogens is 212 g/mol. The molecule has 0 spiro atoms. The Hall–Kier alpha value is -1.35. The molecule has 1 amide bonds. The summed E-state index contributed by atoms with van der Waals surface area (Å²) in [7, 11) is 0. The standard InChI is InChI=1S/C14H22N2O/c1-2-3-10-14(16,13(15)17)11-9-12-7-5-4-6-8-12/h4-8H,2-3,9-11,16H2,1H3,(H2,15,17). The number of hydrogen-bond donors (Lipinski definition) is 2. The van der Waals surface area contributed by atoms with Gasteiger partial charge in [0.2, 0.25) is 5.91 Å². The molecule has 1 rings (SSSR count). The molecule has 0 bridgehead atoms. The first-order valence-corrected chi connectivity index (χ1v) is 6.21. The van der Waals surface area contributed by atoms with Crippen LogP contribution in [0, 0.1) is 0 Å². The normalized spacial score (nSPS) is 14.2. The van der Waals surface area contributed by atoms with Crippen molar-refractivity contribution in [2.24, 2.45) is 11.5 Å². The van der Waals surface area contributed by atoms with Crippen molar-refractivity contribution in [2.75, 3.05) is 0 Å². The maximum absolute atomic E-state index is 11.4. The number of rotatable bonds is 7. The molecule has 1 unspecified atom stereocenters. The smallest absolute Gasteiger partial charge is 0.237 e. The summed E-state index contributed by atoms with van der Waals surface area (Å²) in [5.41, 5.74) is 11.9. The summed E-state index contributed by atoms with van der Waals surface area (Å²) < 4.78 is 0. The van der Waals surface area contributed by atoms with E-state index < -0.39 is 5.54 Å². The molecule has 1 aromatic rings. The topological polar surface area (TPSA) is 69.1 Å². The monoisotopic (exact) mass is 234 g/mol. The molecule has 0 aliphatic carbocycles. The molecule has 0 saturated heterocycles. The molecule has 1 atom stereocenters. The minimum absolute atomic E-state index is 0.387. The summed E-state index contributed by atoms with van der Waals surface area (Å²) in [4.78, 5) is 11.4. The van der Waals surface area contributed by atoms with E-state index in [9.17, 15) is 4.79 Å². The second-order valence-electron chi connectivity index (χ2n) is 4.61. The van der Waals surface area contributed by atoms with Crippen molar-refractivity contribution < 1.29 is 4.79 Å². The molecule has 0 heterocycles. The van der Waals surface area contributed by atoms with E-state index in [0.717, 1.165) is 19.3 Å². The molecule has 4 N–H and O–H groups in total. The van der Waals surface area contributed by atoms with Gasteiger partial charge in [-0.3, -0.25) is 4.79 Å². The van der Waals surface area contributed by atoms with Crippen molar-refractivity contribution in [3.63, 3.8) is 0 Å². The Kier molecular flexibility index (Phi) is 5.16. The van der Waals surface area contributed by atoms with Crippen LogP contribution < -0.4 is 11.5 Å². The third kappa shape index (κ3) is 4.19. The van der Waals surface area contributed by atoms with Crippen molar-refractivity contribution >= 4 is 5.91 Å². The van der Waals surface area contributed by atoms with Crippen LogP contribution >= 0.6 is 0 Å². The third-order valence-corrected chi connectivity index (χ3v) is 3.17. The number of carbonyl (C=O) groups is 1. The molecule has 0 aromatic heterocycles. The Morgan fingerprint density at radius 2 is 1.88 bits per heavy atom. The zero-order valence-electron chi connectivity index (χ0n) is 10.5. The van der Waals surface area contributed by atoms with Crippen LogP contribution in [0.15, 0.2) is 30.3 Å². The summed E-state index contributed by atoms with van der Waals surface area (Å²) in [6.45, 7) is 2.08. The molecule has 3 nitrogen and oxygen atoms in total. The van der Waals surface area contributed by atoms with E-state index in [2.05, 4.69) is 6.92 Å². The van der Waals surface area contributed by atoms with Gasteiger partial charge < -0.3 is 11.5 Å². The lowest BCUT2D eigenvalue weighted by Crippen LogP contribution is -2.52. The SMILES string of the molecule is CCCCC(N)(CCc1ccccc1)C(N)=O. The molecule has 1 aromatic carbocycles. The first kappa shape index (κ1) is 13.7. The van der Waals surface area contributed by atoms with Crippen molar-refractivity contribution in [1.29, 1.82) is 0 Å². The van der Waals surface area contributed by atoms with Crippen LogP contribution in [0.4, 0.5) is 0 Å². The van der Waals surface area contributed by atoms with E-state index in [-0.39, 0.29) is 5.91 Å². The predicted molar refractivity (Wildman–Crippen MR) is 70.4 cm³/mol. The third-order valence-electron chi connectivity index (χ3n) is 3.17. The van der Waals surface area contributed by atoms with Gasteiger partial charge in [0.25, 0.3) is 0 Å². The average Bonchev–Trinajstić information content (AvgIpc) is 2.35. The van der Waals surface area contributed by atoms with Gasteiger partial charge in [-0.25, -0.2) is 0 Å². The summed E-state index contributed by atoms with van der Waals surface area (Å²) in [6.07, 6.45) is 4.05. The lowest BCUT2D eigenvalue weighted by Gasteiger charge is -2.25. The lowest BCUT2D eigenvalue weighted by atomic mass is 9.86. The quantitative estimate of drug-likeness (QED) is 0.757. The molecular formula is C14H22N2O. The molecule has 94 valence electrons. The highest BCUT2D eigenvalue weighted by atomic mass is 16.1. The maximum atomic E-state index is 11.4. The van der Waals surface area contributed by atoms with Crippen molar-refractivity contribution in [3.05, 3.63) is 35.9 Å². The number of nitrogens with two attached hydrogens (primary N) is 2. The van der Waals surface area contributed by atoms with Gasteiger partial charge in [0, 0.05) is 0 Å². The highest BCUT2D eigenvalue weighted by Crippen LogP contribution is 2.18. The predicted octanol–water partition coefficient (Wildman–Crippen LogP) is 1.99. The van der Waals surface area contributed by atoms with Gasteiger partial charge in [0.1, 0.15) is 0 Å². The van der Waals surface area contributed by atoms with Crippen LogP contribution in [-0.4, -0.2) is 11.4 Å².